The molecule has 2 aliphatic rings. The van der Waals surface area contributed by atoms with Crippen molar-refractivity contribution in [1.82, 2.24) is 4.90 Å². The van der Waals surface area contributed by atoms with Crippen LogP contribution in [0, 0.1) is 17.8 Å². The molecule has 1 saturated carbocycles. The van der Waals surface area contributed by atoms with E-state index in [-0.39, 0.29) is 5.92 Å². The zero-order valence-corrected chi connectivity index (χ0v) is 11.0. The highest BCUT2D eigenvalue weighted by Crippen LogP contribution is 2.36. The van der Waals surface area contributed by atoms with Gasteiger partial charge in [0.1, 0.15) is 0 Å². The fourth-order valence-corrected chi connectivity index (χ4v) is 3.49. The summed E-state index contributed by atoms with van der Waals surface area (Å²) in [5.41, 5.74) is 5.53. The molecule has 1 amide bonds. The summed E-state index contributed by atoms with van der Waals surface area (Å²) in [6, 6.07) is 0. The Labute approximate surface area is 105 Å². The van der Waals surface area contributed by atoms with E-state index in [2.05, 4.69) is 4.90 Å². The molecule has 0 spiro atoms. The number of rotatable bonds is 3. The van der Waals surface area contributed by atoms with Crippen molar-refractivity contribution in [2.75, 3.05) is 19.6 Å². The summed E-state index contributed by atoms with van der Waals surface area (Å²) >= 11 is 0. The number of likely N-dealkylation sites (tertiary alicyclic amines) is 1. The molecular weight excluding hydrogens is 212 g/mol. The number of nitrogens with zero attached hydrogens (tertiary/aromatic N) is 1. The highest BCUT2D eigenvalue weighted by Gasteiger charge is 2.33. The molecule has 2 fully saturated rings. The maximum Gasteiger partial charge on any atom is 0.225 e. The Hall–Kier alpha value is -0.570. The first-order valence-corrected chi connectivity index (χ1v) is 7.21. The Morgan fingerprint density at radius 3 is 2.71 bits per heavy atom. The maximum absolute atomic E-state index is 12.2. The number of carbonyl (C=O) groups is 1. The van der Waals surface area contributed by atoms with Crippen molar-refractivity contribution in [3.05, 3.63) is 0 Å². The fraction of sp³-hybridized carbons (Fsp3) is 0.929. The van der Waals surface area contributed by atoms with Gasteiger partial charge < -0.3 is 10.6 Å². The predicted molar refractivity (Wildman–Crippen MR) is 69.5 cm³/mol. The van der Waals surface area contributed by atoms with E-state index in [0.29, 0.717) is 12.5 Å². The summed E-state index contributed by atoms with van der Waals surface area (Å²) in [5.74, 6) is 2.13. The molecule has 1 saturated heterocycles. The monoisotopic (exact) mass is 238 g/mol. The molecule has 0 bridgehead atoms. The molecule has 0 aromatic rings. The third-order valence-corrected chi connectivity index (χ3v) is 4.62. The van der Waals surface area contributed by atoms with Crippen LogP contribution < -0.4 is 5.73 Å². The molecule has 3 unspecified atom stereocenters. The lowest BCUT2D eigenvalue weighted by atomic mass is 9.75. The van der Waals surface area contributed by atoms with E-state index < -0.39 is 0 Å². The molecule has 3 atom stereocenters. The molecule has 0 aromatic carbocycles. The average Bonchev–Trinajstić information content (AvgIpc) is 2.37. The molecule has 3 nitrogen and oxygen atoms in total. The van der Waals surface area contributed by atoms with E-state index in [9.17, 15) is 4.79 Å². The van der Waals surface area contributed by atoms with Crippen LogP contribution in [0.5, 0.6) is 0 Å². The SMILES string of the molecule is CC(CCN)C(=O)N1CCC2CCCCC2C1. The second-order valence-corrected chi connectivity index (χ2v) is 5.86. The maximum atomic E-state index is 12.2. The van der Waals surface area contributed by atoms with Crippen molar-refractivity contribution in [2.45, 2.75) is 45.4 Å². The molecule has 1 heterocycles. The van der Waals surface area contributed by atoms with Crippen LogP contribution in [0.25, 0.3) is 0 Å². The molecule has 98 valence electrons. The molecule has 0 radical (unpaired) electrons. The van der Waals surface area contributed by atoms with Gasteiger partial charge in [0, 0.05) is 19.0 Å². The van der Waals surface area contributed by atoms with Crippen LogP contribution in [0.2, 0.25) is 0 Å². The van der Waals surface area contributed by atoms with E-state index in [0.717, 1.165) is 31.3 Å². The molecule has 3 heteroatoms. The quantitative estimate of drug-likeness (QED) is 0.817. The first kappa shape index (κ1) is 12.9. The van der Waals surface area contributed by atoms with Gasteiger partial charge in [-0.3, -0.25) is 4.79 Å². The third-order valence-electron chi connectivity index (χ3n) is 4.62. The smallest absolute Gasteiger partial charge is 0.225 e. The van der Waals surface area contributed by atoms with Crippen LogP contribution in [0.1, 0.15) is 45.4 Å². The minimum Gasteiger partial charge on any atom is -0.342 e. The van der Waals surface area contributed by atoms with Crippen molar-refractivity contribution < 1.29 is 4.79 Å². The minimum absolute atomic E-state index is 0.111. The van der Waals surface area contributed by atoms with Crippen LogP contribution in [0.4, 0.5) is 0 Å². The predicted octanol–water partition coefficient (Wildman–Crippen LogP) is 2.01. The highest BCUT2D eigenvalue weighted by atomic mass is 16.2. The van der Waals surface area contributed by atoms with Gasteiger partial charge in [-0.05, 0) is 37.6 Å². The van der Waals surface area contributed by atoms with Gasteiger partial charge in [-0.15, -0.1) is 0 Å². The van der Waals surface area contributed by atoms with E-state index >= 15 is 0 Å². The van der Waals surface area contributed by atoms with Gasteiger partial charge in [-0.1, -0.05) is 26.2 Å². The molecule has 17 heavy (non-hydrogen) atoms. The highest BCUT2D eigenvalue weighted by molar-refractivity contribution is 5.78. The van der Waals surface area contributed by atoms with E-state index in [4.69, 9.17) is 5.73 Å². The van der Waals surface area contributed by atoms with E-state index in [1.807, 2.05) is 6.92 Å². The van der Waals surface area contributed by atoms with Crippen LogP contribution >= 0.6 is 0 Å². The Kier molecular flexibility index (Phi) is 4.43. The summed E-state index contributed by atoms with van der Waals surface area (Å²) in [4.78, 5) is 14.3. The van der Waals surface area contributed by atoms with Crippen molar-refractivity contribution in [1.29, 1.82) is 0 Å². The summed E-state index contributed by atoms with van der Waals surface area (Å²) < 4.78 is 0. The van der Waals surface area contributed by atoms with Crippen LogP contribution in [-0.4, -0.2) is 30.4 Å². The van der Waals surface area contributed by atoms with Gasteiger partial charge >= 0.3 is 0 Å². The summed E-state index contributed by atoms with van der Waals surface area (Å²) in [6.45, 7) is 4.63. The average molecular weight is 238 g/mol. The fourth-order valence-electron chi connectivity index (χ4n) is 3.49. The summed E-state index contributed by atoms with van der Waals surface area (Å²) in [6.07, 6.45) is 7.54. The third kappa shape index (κ3) is 3.01. The van der Waals surface area contributed by atoms with Gasteiger partial charge in [0.05, 0.1) is 0 Å². The lowest BCUT2D eigenvalue weighted by molar-refractivity contribution is -0.138. The first-order chi connectivity index (χ1) is 8.22. The Bertz CT molecular complexity index is 267. The number of fused-ring (bicyclic) bond motifs is 1. The zero-order valence-electron chi connectivity index (χ0n) is 11.0. The Morgan fingerprint density at radius 1 is 1.29 bits per heavy atom. The van der Waals surface area contributed by atoms with Crippen LogP contribution in [0.15, 0.2) is 0 Å². The van der Waals surface area contributed by atoms with Crippen molar-refractivity contribution in [2.24, 2.45) is 23.5 Å². The molecule has 2 rings (SSSR count). The van der Waals surface area contributed by atoms with Gasteiger partial charge in [-0.25, -0.2) is 0 Å². The van der Waals surface area contributed by atoms with E-state index in [1.54, 1.807) is 0 Å². The largest absolute Gasteiger partial charge is 0.342 e. The van der Waals surface area contributed by atoms with Crippen LogP contribution in [0.3, 0.4) is 0 Å². The molecule has 2 N–H and O–H groups in total. The number of hydrogen-bond donors (Lipinski definition) is 1. The Balaban J connectivity index is 1.88. The standard InChI is InChI=1S/C14H26N2O/c1-11(6-8-15)14(17)16-9-7-12-4-2-3-5-13(12)10-16/h11-13H,2-10,15H2,1H3. The Morgan fingerprint density at radius 2 is 2.00 bits per heavy atom. The molecular formula is C14H26N2O. The lowest BCUT2D eigenvalue weighted by Crippen LogP contribution is -2.46. The summed E-state index contributed by atoms with van der Waals surface area (Å²) in [7, 11) is 0. The van der Waals surface area contributed by atoms with Crippen molar-refractivity contribution in [3.63, 3.8) is 0 Å². The number of carbonyl (C=O) groups excluding carboxylic acids is 1. The number of nitrogens with two attached hydrogens (primary N) is 1. The lowest BCUT2D eigenvalue weighted by Gasteiger charge is -2.42. The summed E-state index contributed by atoms with van der Waals surface area (Å²) in [5, 5.41) is 0. The molecule has 1 aliphatic heterocycles. The van der Waals surface area contributed by atoms with Crippen LogP contribution in [-0.2, 0) is 4.79 Å². The van der Waals surface area contributed by atoms with E-state index in [1.165, 1.54) is 32.1 Å². The molecule has 0 aromatic heterocycles. The minimum atomic E-state index is 0.111. The van der Waals surface area contributed by atoms with Crippen molar-refractivity contribution >= 4 is 5.91 Å². The normalized spacial score (nSPS) is 30.8. The van der Waals surface area contributed by atoms with Gasteiger partial charge in [0.15, 0.2) is 0 Å². The second-order valence-electron chi connectivity index (χ2n) is 5.86. The van der Waals surface area contributed by atoms with Gasteiger partial charge in [0.25, 0.3) is 0 Å². The number of piperidine rings is 1. The number of hydrogen-bond acceptors (Lipinski definition) is 2. The number of amides is 1. The van der Waals surface area contributed by atoms with Gasteiger partial charge in [0.2, 0.25) is 5.91 Å². The second kappa shape index (κ2) is 5.85. The topological polar surface area (TPSA) is 46.3 Å². The zero-order chi connectivity index (χ0) is 12.3. The first-order valence-electron chi connectivity index (χ1n) is 7.21. The van der Waals surface area contributed by atoms with Gasteiger partial charge in [-0.2, -0.15) is 0 Å². The van der Waals surface area contributed by atoms with Crippen molar-refractivity contribution in [3.8, 4) is 0 Å². The molecule has 1 aliphatic carbocycles.